The predicted octanol–water partition coefficient (Wildman–Crippen LogP) is 3.78. The second-order valence-electron chi connectivity index (χ2n) is 5.84. The Hall–Kier alpha value is -3.04. The Morgan fingerprint density at radius 2 is 2.07 bits per heavy atom. The maximum atomic E-state index is 13.2. The Balaban J connectivity index is 1.91. The molecule has 2 aromatic heterocycles. The molecule has 0 bridgehead atoms. The average molecular weight is 413 g/mol. The molecule has 1 aliphatic heterocycles. The van der Waals surface area contributed by atoms with E-state index in [-0.39, 0.29) is 5.57 Å². The lowest BCUT2D eigenvalue weighted by Gasteiger charge is -2.25. The quantitative estimate of drug-likeness (QED) is 0.618. The highest BCUT2D eigenvalue weighted by atomic mass is 32.1. The van der Waals surface area contributed by atoms with Crippen LogP contribution in [0, 0.1) is 0 Å². The van der Waals surface area contributed by atoms with Gasteiger partial charge in [0.25, 0.3) is 5.91 Å². The van der Waals surface area contributed by atoms with E-state index in [4.69, 9.17) is 4.74 Å². The van der Waals surface area contributed by atoms with Crippen LogP contribution in [-0.2, 0) is 4.79 Å². The first-order chi connectivity index (χ1) is 13.6. The lowest BCUT2D eigenvalue weighted by molar-refractivity contribution is -0.117. The molecule has 1 aromatic carbocycles. The summed E-state index contributed by atoms with van der Waals surface area (Å²) in [5, 5.41) is 20.5. The third kappa shape index (κ3) is 2.98. The minimum atomic E-state index is -0.863. The van der Waals surface area contributed by atoms with E-state index in [9.17, 15) is 14.7 Å². The molecular formula is C19H15N3O4S2. The fourth-order valence-corrected chi connectivity index (χ4v) is 4.40. The number of carbonyl (C=O) groups excluding carboxylic acids is 2. The minimum Gasteiger partial charge on any atom is -0.503 e. The molecule has 142 valence electrons. The van der Waals surface area contributed by atoms with Crippen LogP contribution in [0.4, 0.5) is 5.13 Å². The van der Waals surface area contributed by atoms with Crippen molar-refractivity contribution in [3.8, 4) is 5.75 Å². The van der Waals surface area contributed by atoms with Gasteiger partial charge in [0.1, 0.15) is 17.3 Å². The molecule has 1 aliphatic rings. The summed E-state index contributed by atoms with van der Waals surface area (Å²) in [4.78, 5) is 27.8. The SMILES string of the molecule is CCOc1ccccc1C1C(C(=O)c2cccs2)=C(O)C(=O)N1c1nncs1. The second-order valence-corrected chi connectivity index (χ2v) is 7.60. The van der Waals surface area contributed by atoms with Gasteiger partial charge < -0.3 is 9.84 Å². The summed E-state index contributed by atoms with van der Waals surface area (Å²) in [6.45, 7) is 2.27. The van der Waals surface area contributed by atoms with Crippen LogP contribution in [0.1, 0.15) is 28.2 Å². The number of benzene rings is 1. The molecule has 0 spiro atoms. The van der Waals surface area contributed by atoms with Crippen LogP contribution in [0.15, 0.2) is 58.6 Å². The number of thiophene rings is 1. The van der Waals surface area contributed by atoms with Crippen LogP contribution < -0.4 is 9.64 Å². The molecule has 9 heteroatoms. The van der Waals surface area contributed by atoms with Crippen molar-refractivity contribution in [3.63, 3.8) is 0 Å². The normalized spacial score (nSPS) is 16.7. The number of ketones is 1. The van der Waals surface area contributed by atoms with Crippen molar-refractivity contribution >= 4 is 39.5 Å². The van der Waals surface area contributed by atoms with Crippen LogP contribution in [0.25, 0.3) is 0 Å². The van der Waals surface area contributed by atoms with Gasteiger partial charge in [0.15, 0.2) is 5.76 Å². The molecule has 28 heavy (non-hydrogen) atoms. The van der Waals surface area contributed by atoms with Gasteiger partial charge in [0, 0.05) is 5.56 Å². The van der Waals surface area contributed by atoms with Crippen LogP contribution in [-0.4, -0.2) is 33.6 Å². The third-order valence-corrected chi connectivity index (χ3v) is 5.82. The Morgan fingerprint density at radius 1 is 1.25 bits per heavy atom. The summed E-state index contributed by atoms with van der Waals surface area (Å²) < 4.78 is 5.72. The molecular weight excluding hydrogens is 398 g/mol. The molecule has 4 rings (SSSR count). The first-order valence-electron chi connectivity index (χ1n) is 8.46. The summed E-state index contributed by atoms with van der Waals surface area (Å²) in [5.41, 5.74) is 2.09. The zero-order valence-corrected chi connectivity index (χ0v) is 16.4. The predicted molar refractivity (Wildman–Crippen MR) is 106 cm³/mol. The molecule has 7 nitrogen and oxygen atoms in total. The third-order valence-electron chi connectivity index (χ3n) is 4.27. The van der Waals surface area contributed by atoms with E-state index >= 15 is 0 Å². The van der Waals surface area contributed by atoms with Gasteiger partial charge in [-0.25, -0.2) is 0 Å². The van der Waals surface area contributed by atoms with Gasteiger partial charge in [-0.15, -0.1) is 21.5 Å². The smallest absolute Gasteiger partial charge is 0.296 e. The van der Waals surface area contributed by atoms with Gasteiger partial charge in [-0.2, -0.15) is 0 Å². The number of anilines is 1. The fourth-order valence-electron chi connectivity index (χ4n) is 3.13. The van der Waals surface area contributed by atoms with Crippen LogP contribution >= 0.6 is 22.7 Å². The molecule has 0 saturated carbocycles. The number of rotatable bonds is 6. The number of hydrogen-bond acceptors (Lipinski definition) is 8. The largest absolute Gasteiger partial charge is 0.503 e. The van der Waals surface area contributed by atoms with Crippen molar-refractivity contribution in [2.75, 3.05) is 11.5 Å². The lowest BCUT2D eigenvalue weighted by Crippen LogP contribution is -2.31. The fraction of sp³-hybridized carbons (Fsp3) is 0.158. The summed E-state index contributed by atoms with van der Waals surface area (Å²) in [6, 6.07) is 9.70. The molecule has 1 amide bonds. The molecule has 0 radical (unpaired) electrons. The van der Waals surface area contributed by atoms with Gasteiger partial charge in [-0.3, -0.25) is 14.5 Å². The van der Waals surface area contributed by atoms with Crippen molar-refractivity contribution in [1.82, 2.24) is 10.2 Å². The number of aromatic nitrogens is 2. The molecule has 0 fully saturated rings. The first-order valence-corrected chi connectivity index (χ1v) is 10.2. The summed E-state index contributed by atoms with van der Waals surface area (Å²) in [5.74, 6) is -1.13. The number of Topliss-reactive ketones (excluding diaryl/α,β-unsaturated/α-hetero) is 1. The highest BCUT2D eigenvalue weighted by Gasteiger charge is 2.47. The van der Waals surface area contributed by atoms with E-state index in [1.165, 1.54) is 21.7 Å². The highest BCUT2D eigenvalue weighted by Crippen LogP contribution is 2.45. The van der Waals surface area contributed by atoms with E-state index in [1.807, 2.05) is 13.0 Å². The van der Waals surface area contributed by atoms with Crippen LogP contribution in [0.5, 0.6) is 5.75 Å². The monoisotopic (exact) mass is 413 g/mol. The Labute approximate surface area is 168 Å². The minimum absolute atomic E-state index is 0.00908. The zero-order valence-electron chi connectivity index (χ0n) is 14.7. The second kappa shape index (κ2) is 7.53. The van der Waals surface area contributed by atoms with Gasteiger partial charge >= 0.3 is 0 Å². The molecule has 1 N–H and O–H groups in total. The van der Waals surface area contributed by atoms with Crippen molar-refractivity contribution in [2.45, 2.75) is 13.0 Å². The van der Waals surface area contributed by atoms with Crippen molar-refractivity contribution < 1.29 is 19.4 Å². The Bertz CT molecular complexity index is 1050. The summed E-state index contributed by atoms with van der Waals surface area (Å²) >= 11 is 2.40. The van der Waals surface area contributed by atoms with Crippen molar-refractivity contribution in [1.29, 1.82) is 0 Å². The molecule has 1 atom stereocenters. The van der Waals surface area contributed by atoms with Gasteiger partial charge in [-0.1, -0.05) is 35.6 Å². The molecule has 0 saturated heterocycles. The zero-order chi connectivity index (χ0) is 19.7. The Morgan fingerprint density at radius 3 is 2.75 bits per heavy atom. The van der Waals surface area contributed by atoms with E-state index < -0.39 is 23.5 Å². The van der Waals surface area contributed by atoms with Crippen LogP contribution in [0.2, 0.25) is 0 Å². The van der Waals surface area contributed by atoms with Crippen molar-refractivity contribution in [3.05, 3.63) is 69.1 Å². The maximum absolute atomic E-state index is 13.2. The molecule has 3 aromatic rings. The van der Waals surface area contributed by atoms with E-state index in [1.54, 1.807) is 35.7 Å². The standard InChI is InChI=1S/C19H15N3O4S2/c1-2-26-12-7-4-3-6-11(12)15-14(16(23)13-8-5-9-27-13)17(24)18(25)22(15)19-21-20-10-28-19/h3-10,15,24H,2H2,1H3. The van der Waals surface area contributed by atoms with Crippen molar-refractivity contribution in [2.24, 2.45) is 0 Å². The molecule has 1 unspecified atom stereocenters. The highest BCUT2D eigenvalue weighted by molar-refractivity contribution is 7.13. The number of aliphatic hydroxyl groups is 1. The topological polar surface area (TPSA) is 92.6 Å². The number of nitrogens with zero attached hydrogens (tertiary/aromatic N) is 3. The van der Waals surface area contributed by atoms with Gasteiger partial charge in [0.05, 0.1) is 17.1 Å². The lowest BCUT2D eigenvalue weighted by atomic mass is 9.95. The van der Waals surface area contributed by atoms with E-state index in [0.29, 0.717) is 27.9 Å². The maximum Gasteiger partial charge on any atom is 0.296 e. The number of carbonyl (C=O) groups is 2. The Kier molecular flexibility index (Phi) is 4.93. The number of ether oxygens (including phenoxy) is 1. The summed E-state index contributed by atoms with van der Waals surface area (Å²) in [6.07, 6.45) is 0. The molecule has 0 aliphatic carbocycles. The van der Waals surface area contributed by atoms with E-state index in [2.05, 4.69) is 10.2 Å². The number of amides is 1. The number of aliphatic hydroxyl groups excluding tert-OH is 1. The molecule has 3 heterocycles. The van der Waals surface area contributed by atoms with Gasteiger partial charge in [0.2, 0.25) is 10.9 Å². The average Bonchev–Trinajstić information content (AvgIpc) is 3.45. The summed E-state index contributed by atoms with van der Waals surface area (Å²) in [7, 11) is 0. The van der Waals surface area contributed by atoms with E-state index in [0.717, 1.165) is 11.3 Å². The number of hydrogen-bond donors (Lipinski definition) is 1. The van der Waals surface area contributed by atoms with Gasteiger partial charge in [-0.05, 0) is 24.4 Å². The first kappa shape index (κ1) is 18.3. The number of para-hydroxylation sites is 1. The van der Waals surface area contributed by atoms with Crippen LogP contribution in [0.3, 0.4) is 0 Å².